The summed E-state index contributed by atoms with van der Waals surface area (Å²) in [6.07, 6.45) is 1.56. The molecule has 5 atom stereocenters. The number of amides is 4. The molecule has 2 rings (SSSR count). The Hall–Kier alpha value is -4.24. The van der Waals surface area contributed by atoms with Gasteiger partial charge in [0.05, 0.1) is 12.6 Å². The molecule has 1 aromatic rings. The van der Waals surface area contributed by atoms with Gasteiger partial charge in [0.1, 0.15) is 24.2 Å². The maximum Gasteiger partial charge on any atom is 0.326 e. The van der Waals surface area contributed by atoms with Gasteiger partial charge >= 0.3 is 5.97 Å². The summed E-state index contributed by atoms with van der Waals surface area (Å²) in [5.41, 5.74) is 17.6. The number of nitrogens with one attached hydrogen (secondary N) is 3. The molecule has 0 aromatic heterocycles. The number of carbonyl (C=O) groups excluding carboxylic acids is 4. The van der Waals surface area contributed by atoms with Gasteiger partial charge in [-0.1, -0.05) is 44.2 Å². The monoisotopic (exact) mass is 618 g/mol. The third-order valence-corrected chi connectivity index (χ3v) is 7.17. The molecule has 1 aliphatic heterocycles. The third-order valence-electron chi connectivity index (χ3n) is 7.17. The molecule has 1 aromatic carbocycles. The Bertz CT molecular complexity index is 1160. The molecule has 244 valence electrons. The van der Waals surface area contributed by atoms with Gasteiger partial charge in [0.25, 0.3) is 0 Å². The van der Waals surface area contributed by atoms with E-state index < -0.39 is 66.4 Å². The van der Waals surface area contributed by atoms with Gasteiger partial charge in [0.2, 0.25) is 23.6 Å². The number of aliphatic hydroxyl groups excluding tert-OH is 1. The van der Waals surface area contributed by atoms with Crippen LogP contribution in [0.25, 0.3) is 0 Å². The first kappa shape index (κ1) is 36.0. The van der Waals surface area contributed by atoms with Gasteiger partial charge in [-0.25, -0.2) is 4.79 Å². The summed E-state index contributed by atoms with van der Waals surface area (Å²) in [4.78, 5) is 69.5. The predicted molar refractivity (Wildman–Crippen MR) is 163 cm³/mol. The molecule has 1 heterocycles. The van der Waals surface area contributed by atoms with Crippen LogP contribution in [0, 0.1) is 5.92 Å². The smallest absolute Gasteiger partial charge is 0.326 e. The number of nitrogens with zero attached hydrogens (tertiary/aromatic N) is 2. The topological polar surface area (TPSA) is 256 Å². The van der Waals surface area contributed by atoms with Crippen LogP contribution in [0.1, 0.15) is 51.5 Å². The van der Waals surface area contributed by atoms with Gasteiger partial charge in [0, 0.05) is 13.1 Å². The Morgan fingerprint density at radius 2 is 1.66 bits per heavy atom. The van der Waals surface area contributed by atoms with Crippen LogP contribution in [-0.2, 0) is 30.4 Å². The van der Waals surface area contributed by atoms with Gasteiger partial charge in [-0.05, 0) is 50.0 Å². The lowest BCUT2D eigenvalue weighted by Crippen LogP contribution is -2.59. The number of aliphatic carboxylic acids is 1. The van der Waals surface area contributed by atoms with E-state index in [1.54, 1.807) is 0 Å². The molecule has 11 N–H and O–H groups in total. The summed E-state index contributed by atoms with van der Waals surface area (Å²) in [6.45, 7) is 3.29. The maximum atomic E-state index is 13.4. The lowest BCUT2D eigenvalue weighted by molar-refractivity contribution is -0.144. The number of guanidine groups is 1. The number of likely N-dealkylation sites (tertiary alicyclic amines) is 1. The van der Waals surface area contributed by atoms with Gasteiger partial charge in [-0.2, -0.15) is 0 Å². The molecule has 1 fully saturated rings. The number of hydrogen-bond acceptors (Lipinski definition) is 8. The van der Waals surface area contributed by atoms with Crippen LogP contribution in [0.15, 0.2) is 35.3 Å². The first-order chi connectivity index (χ1) is 20.8. The van der Waals surface area contributed by atoms with Crippen molar-refractivity contribution in [2.45, 2.75) is 82.6 Å². The van der Waals surface area contributed by atoms with E-state index in [1.807, 2.05) is 44.2 Å². The molecule has 4 amide bonds. The van der Waals surface area contributed by atoms with Crippen LogP contribution >= 0.6 is 0 Å². The van der Waals surface area contributed by atoms with E-state index in [-0.39, 0.29) is 50.7 Å². The molecule has 44 heavy (non-hydrogen) atoms. The molecule has 0 radical (unpaired) electrons. The highest BCUT2D eigenvalue weighted by atomic mass is 16.4. The molecule has 0 aliphatic carbocycles. The van der Waals surface area contributed by atoms with Gasteiger partial charge in [0.15, 0.2) is 5.96 Å². The van der Waals surface area contributed by atoms with Crippen LogP contribution in [0.5, 0.6) is 0 Å². The largest absolute Gasteiger partial charge is 0.480 e. The van der Waals surface area contributed by atoms with E-state index >= 15 is 0 Å². The van der Waals surface area contributed by atoms with Crippen LogP contribution in [-0.4, -0.2) is 101 Å². The fraction of sp³-hybridized carbons (Fsp3) is 0.586. The highest BCUT2D eigenvalue weighted by Crippen LogP contribution is 2.19. The maximum absolute atomic E-state index is 13.4. The van der Waals surface area contributed by atoms with Crippen molar-refractivity contribution in [3.63, 3.8) is 0 Å². The van der Waals surface area contributed by atoms with Crippen LogP contribution in [0.2, 0.25) is 0 Å². The fourth-order valence-electron chi connectivity index (χ4n) is 4.93. The number of aliphatic imine (C=N–C) groups is 1. The van der Waals surface area contributed by atoms with Gasteiger partial charge in [-0.3, -0.25) is 24.2 Å². The Labute approximate surface area is 257 Å². The van der Waals surface area contributed by atoms with E-state index in [2.05, 4.69) is 20.9 Å². The highest BCUT2D eigenvalue weighted by molar-refractivity contribution is 5.95. The number of benzene rings is 1. The minimum Gasteiger partial charge on any atom is -0.480 e. The lowest BCUT2D eigenvalue weighted by atomic mass is 10.0. The van der Waals surface area contributed by atoms with Crippen molar-refractivity contribution in [1.82, 2.24) is 20.9 Å². The number of hydrogen-bond donors (Lipinski definition) is 8. The van der Waals surface area contributed by atoms with Crippen molar-refractivity contribution in [2.75, 3.05) is 19.7 Å². The zero-order valence-electron chi connectivity index (χ0n) is 25.3. The van der Waals surface area contributed by atoms with Crippen LogP contribution in [0.4, 0.5) is 0 Å². The molecule has 0 bridgehead atoms. The van der Waals surface area contributed by atoms with Crippen molar-refractivity contribution in [3.8, 4) is 0 Å². The van der Waals surface area contributed by atoms with Crippen molar-refractivity contribution < 1.29 is 34.2 Å². The SMILES string of the molecule is CC(C)C[C@H](NC(=O)[C@H](CCCN=C(N)N)NC(=O)[C@@H]1CCCN1C(=O)[C@H](CO)NC(=O)[C@@H](N)Cc1ccccc1)C(=O)O. The van der Waals surface area contributed by atoms with Crippen LogP contribution < -0.4 is 33.2 Å². The number of rotatable bonds is 17. The zero-order valence-corrected chi connectivity index (χ0v) is 25.3. The van der Waals surface area contributed by atoms with Crippen LogP contribution in [0.3, 0.4) is 0 Å². The molecule has 1 aliphatic rings. The highest BCUT2D eigenvalue weighted by Gasteiger charge is 2.39. The lowest BCUT2D eigenvalue weighted by Gasteiger charge is -2.30. The summed E-state index contributed by atoms with van der Waals surface area (Å²) < 4.78 is 0. The quantitative estimate of drug-likeness (QED) is 0.0551. The van der Waals surface area contributed by atoms with Crippen molar-refractivity contribution in [3.05, 3.63) is 35.9 Å². The minimum atomic E-state index is -1.33. The average Bonchev–Trinajstić information content (AvgIpc) is 3.47. The first-order valence-corrected chi connectivity index (χ1v) is 14.7. The number of carbonyl (C=O) groups is 5. The van der Waals surface area contributed by atoms with Crippen molar-refractivity contribution in [1.29, 1.82) is 0 Å². The second-order valence-corrected chi connectivity index (χ2v) is 11.3. The summed E-state index contributed by atoms with van der Waals surface area (Å²) >= 11 is 0. The normalized spacial score (nSPS) is 17.2. The first-order valence-electron chi connectivity index (χ1n) is 14.7. The number of aliphatic hydroxyl groups is 1. The molecule has 1 saturated heterocycles. The van der Waals surface area contributed by atoms with Gasteiger partial charge in [-0.15, -0.1) is 0 Å². The van der Waals surface area contributed by atoms with E-state index in [9.17, 15) is 34.2 Å². The van der Waals surface area contributed by atoms with Crippen molar-refractivity contribution >= 4 is 35.6 Å². The predicted octanol–water partition coefficient (Wildman–Crippen LogP) is -1.82. The Kier molecular flexibility index (Phi) is 14.5. The second kappa shape index (κ2) is 17.8. The standard InChI is InChI=1S/C29H46N8O7/c1-17(2)14-21(28(43)44)35-25(40)20(10-6-12-33-29(31)32)34-26(41)23-11-7-13-37(23)27(42)22(16-38)36-24(39)19(30)15-18-8-4-3-5-9-18/h3-5,8-9,17,19-23,38H,6-7,10-16,30H2,1-2H3,(H,34,41)(H,35,40)(H,36,39)(H,43,44)(H4,31,32,33)/t19-,20-,21-,22-,23-/m0/s1. The minimum absolute atomic E-state index is 0.0165. The number of nitrogens with two attached hydrogens (primary N) is 3. The van der Waals surface area contributed by atoms with E-state index in [0.29, 0.717) is 12.8 Å². The summed E-state index contributed by atoms with van der Waals surface area (Å²) in [6, 6.07) is 3.51. The number of carboxylic acids is 1. The van der Waals surface area contributed by atoms with E-state index in [1.165, 1.54) is 4.90 Å². The number of carboxylic acid groups (broad SMARTS) is 1. The summed E-state index contributed by atoms with van der Waals surface area (Å²) in [5.74, 6) is -3.97. The average molecular weight is 619 g/mol. The molecular formula is C29H46N8O7. The Morgan fingerprint density at radius 1 is 1.00 bits per heavy atom. The molecule has 0 saturated carbocycles. The molecule has 0 unspecified atom stereocenters. The third kappa shape index (κ3) is 11.4. The summed E-state index contributed by atoms with van der Waals surface area (Å²) in [7, 11) is 0. The second-order valence-electron chi connectivity index (χ2n) is 11.3. The molecular weight excluding hydrogens is 572 g/mol. The van der Waals surface area contributed by atoms with E-state index in [4.69, 9.17) is 17.2 Å². The molecule has 15 nitrogen and oxygen atoms in total. The Morgan fingerprint density at radius 3 is 2.25 bits per heavy atom. The van der Waals surface area contributed by atoms with Gasteiger partial charge < -0.3 is 48.3 Å². The molecule has 15 heteroatoms. The van der Waals surface area contributed by atoms with E-state index in [0.717, 1.165) is 5.56 Å². The fourth-order valence-corrected chi connectivity index (χ4v) is 4.93. The Balaban J connectivity index is 2.12. The summed E-state index contributed by atoms with van der Waals surface area (Å²) in [5, 5.41) is 27.1. The molecule has 0 spiro atoms. The zero-order chi connectivity index (χ0) is 32.8. The van der Waals surface area contributed by atoms with Crippen molar-refractivity contribution in [2.24, 2.45) is 28.1 Å².